The maximum absolute atomic E-state index is 14.2. The molecule has 8 heteroatoms. The lowest BCUT2D eigenvalue weighted by Gasteiger charge is -2.35. The number of rotatable bonds is 6. The van der Waals surface area contributed by atoms with Crippen LogP contribution < -0.4 is 15.5 Å². The average Bonchev–Trinajstić information content (AvgIpc) is 3.09. The molecule has 2 heterocycles. The molecule has 158 valence electrons. The fourth-order valence-electron chi connectivity index (χ4n) is 3.82. The van der Waals surface area contributed by atoms with E-state index in [1.54, 1.807) is 10.7 Å². The van der Waals surface area contributed by atoms with E-state index in [4.69, 9.17) is 0 Å². The minimum atomic E-state index is -0.217. The molecule has 1 aromatic heterocycles. The number of hydrogen-bond donors (Lipinski definition) is 2. The zero-order valence-corrected chi connectivity index (χ0v) is 17.7. The first-order valence-electron chi connectivity index (χ1n) is 10.0. The van der Waals surface area contributed by atoms with Crippen LogP contribution in [0.1, 0.15) is 30.0 Å². The predicted molar refractivity (Wildman–Crippen MR) is 113 cm³/mol. The zero-order chi connectivity index (χ0) is 21.0. The number of aromatic nitrogens is 2. The highest BCUT2D eigenvalue weighted by molar-refractivity contribution is 5.74. The van der Waals surface area contributed by atoms with Crippen LogP contribution in [0.2, 0.25) is 0 Å². The minimum Gasteiger partial charge on any atom is -0.367 e. The van der Waals surface area contributed by atoms with Gasteiger partial charge < -0.3 is 20.4 Å². The van der Waals surface area contributed by atoms with Crippen LogP contribution in [0, 0.1) is 12.7 Å². The van der Waals surface area contributed by atoms with Gasteiger partial charge in [-0.05, 0) is 51.6 Å². The molecule has 1 saturated heterocycles. The topological polar surface area (TPSA) is 65.4 Å². The van der Waals surface area contributed by atoms with Crippen LogP contribution >= 0.6 is 0 Å². The van der Waals surface area contributed by atoms with Crippen LogP contribution in [0.5, 0.6) is 0 Å². The molecule has 2 N–H and O–H groups in total. The van der Waals surface area contributed by atoms with Gasteiger partial charge in [0.2, 0.25) is 0 Å². The second-order valence-electron chi connectivity index (χ2n) is 8.02. The summed E-state index contributed by atoms with van der Waals surface area (Å²) < 4.78 is 16.0. The van der Waals surface area contributed by atoms with Gasteiger partial charge in [-0.15, -0.1) is 0 Å². The maximum Gasteiger partial charge on any atom is 0.315 e. The van der Waals surface area contributed by atoms with Crippen LogP contribution in [-0.2, 0) is 7.05 Å². The molecule has 2 aromatic rings. The monoisotopic (exact) mass is 402 g/mol. The SMILES string of the molecule is Cc1ccc(F)c(N2CCCC(NC(=O)NCC(c3cnn(C)c3)N(C)C)C2)c1. The standard InChI is InChI=1S/C21H31FN6O/c1-15-7-8-18(22)19(10-15)28-9-5-6-17(14-28)25-21(29)23-12-20(26(2)3)16-11-24-27(4)13-16/h7-8,10-11,13,17,20H,5-6,9,12,14H2,1-4H3,(H2,23,25,29). The van der Waals surface area contributed by atoms with Gasteiger partial charge >= 0.3 is 6.03 Å². The summed E-state index contributed by atoms with van der Waals surface area (Å²) in [4.78, 5) is 16.6. The molecule has 2 amide bonds. The van der Waals surface area contributed by atoms with Gasteiger partial charge in [-0.25, -0.2) is 9.18 Å². The Labute approximate surface area is 171 Å². The Hall–Kier alpha value is -2.61. The molecule has 0 aliphatic carbocycles. The third-order valence-electron chi connectivity index (χ3n) is 5.39. The molecule has 1 aromatic carbocycles. The van der Waals surface area contributed by atoms with E-state index in [0.29, 0.717) is 18.8 Å². The van der Waals surface area contributed by atoms with E-state index in [9.17, 15) is 9.18 Å². The Bertz CT molecular complexity index is 836. The minimum absolute atomic E-state index is 0.0140. The molecule has 1 fully saturated rings. The Kier molecular flexibility index (Phi) is 6.74. The summed E-state index contributed by atoms with van der Waals surface area (Å²) >= 11 is 0. The number of carbonyl (C=O) groups excluding carboxylic acids is 1. The van der Waals surface area contributed by atoms with Crippen molar-refractivity contribution >= 4 is 11.7 Å². The van der Waals surface area contributed by atoms with Crippen LogP contribution in [0.25, 0.3) is 0 Å². The summed E-state index contributed by atoms with van der Waals surface area (Å²) in [5, 5.41) is 10.2. The first-order chi connectivity index (χ1) is 13.8. The van der Waals surface area contributed by atoms with Crippen molar-refractivity contribution in [3.8, 4) is 0 Å². The molecular weight excluding hydrogens is 371 g/mol. The lowest BCUT2D eigenvalue weighted by Crippen LogP contribution is -2.51. The number of anilines is 1. The second-order valence-corrected chi connectivity index (χ2v) is 8.02. The van der Waals surface area contributed by atoms with Crippen molar-refractivity contribution in [1.29, 1.82) is 0 Å². The van der Waals surface area contributed by atoms with Crippen LogP contribution in [0.15, 0.2) is 30.6 Å². The van der Waals surface area contributed by atoms with Crippen LogP contribution in [-0.4, -0.2) is 60.5 Å². The van der Waals surface area contributed by atoms with Crippen molar-refractivity contribution < 1.29 is 9.18 Å². The molecule has 7 nitrogen and oxygen atoms in total. The summed E-state index contributed by atoms with van der Waals surface area (Å²) in [6.45, 7) is 3.84. The zero-order valence-electron chi connectivity index (χ0n) is 17.7. The number of benzene rings is 1. The van der Waals surface area contributed by atoms with Crippen LogP contribution in [0.3, 0.4) is 0 Å². The van der Waals surface area contributed by atoms with E-state index in [1.165, 1.54) is 6.07 Å². The summed E-state index contributed by atoms with van der Waals surface area (Å²) in [6, 6.07) is 4.98. The Balaban J connectivity index is 1.55. The van der Waals surface area contributed by atoms with Crippen molar-refractivity contribution in [2.45, 2.75) is 31.8 Å². The molecule has 2 unspecified atom stereocenters. The molecule has 0 spiro atoms. The predicted octanol–water partition coefficient (Wildman–Crippen LogP) is 2.44. The van der Waals surface area contributed by atoms with Gasteiger partial charge in [0.1, 0.15) is 5.82 Å². The first-order valence-corrected chi connectivity index (χ1v) is 10.0. The molecule has 1 aliphatic heterocycles. The van der Waals surface area contributed by atoms with Gasteiger partial charge in [-0.3, -0.25) is 4.68 Å². The van der Waals surface area contributed by atoms with Gasteiger partial charge in [0.15, 0.2) is 0 Å². The van der Waals surface area contributed by atoms with Gasteiger partial charge in [-0.1, -0.05) is 6.07 Å². The molecule has 2 atom stereocenters. The number of aryl methyl sites for hydroxylation is 2. The number of halogens is 1. The van der Waals surface area contributed by atoms with E-state index in [-0.39, 0.29) is 23.9 Å². The number of piperidine rings is 1. The Morgan fingerprint density at radius 2 is 2.21 bits per heavy atom. The molecule has 0 saturated carbocycles. The summed E-state index contributed by atoms with van der Waals surface area (Å²) in [6.07, 6.45) is 5.57. The Morgan fingerprint density at radius 1 is 1.41 bits per heavy atom. The highest BCUT2D eigenvalue weighted by atomic mass is 19.1. The van der Waals surface area contributed by atoms with Gasteiger partial charge in [0, 0.05) is 44.5 Å². The Morgan fingerprint density at radius 3 is 2.90 bits per heavy atom. The van der Waals surface area contributed by atoms with Crippen LogP contribution in [0.4, 0.5) is 14.9 Å². The quantitative estimate of drug-likeness (QED) is 0.779. The summed E-state index contributed by atoms with van der Waals surface area (Å²) in [5.74, 6) is -0.217. The summed E-state index contributed by atoms with van der Waals surface area (Å²) in [5.41, 5.74) is 2.69. The van der Waals surface area contributed by atoms with E-state index in [2.05, 4.69) is 20.6 Å². The van der Waals surface area contributed by atoms with Gasteiger partial charge in [0.05, 0.1) is 17.9 Å². The largest absolute Gasteiger partial charge is 0.367 e. The van der Waals surface area contributed by atoms with Crippen molar-refractivity contribution in [1.82, 2.24) is 25.3 Å². The first kappa shape index (κ1) is 21.1. The molecule has 1 aliphatic rings. The number of urea groups is 1. The van der Waals surface area contributed by atoms with Crippen molar-refractivity contribution in [2.24, 2.45) is 7.05 Å². The third kappa shape index (κ3) is 5.47. The third-order valence-corrected chi connectivity index (χ3v) is 5.39. The van der Waals surface area contributed by atoms with E-state index >= 15 is 0 Å². The maximum atomic E-state index is 14.2. The molecule has 29 heavy (non-hydrogen) atoms. The lowest BCUT2D eigenvalue weighted by molar-refractivity contribution is 0.227. The van der Waals surface area contributed by atoms with E-state index < -0.39 is 0 Å². The number of nitrogens with zero attached hydrogens (tertiary/aromatic N) is 4. The smallest absolute Gasteiger partial charge is 0.315 e. The fourth-order valence-corrected chi connectivity index (χ4v) is 3.82. The molecular formula is C21H31FN6O. The average molecular weight is 403 g/mol. The normalized spacial score (nSPS) is 18.0. The highest BCUT2D eigenvalue weighted by Crippen LogP contribution is 2.24. The summed E-state index contributed by atoms with van der Waals surface area (Å²) in [7, 11) is 5.83. The number of carbonyl (C=O) groups is 1. The number of hydrogen-bond acceptors (Lipinski definition) is 4. The van der Waals surface area contributed by atoms with Gasteiger partial charge in [-0.2, -0.15) is 5.10 Å². The second kappa shape index (κ2) is 9.26. The fraction of sp³-hybridized carbons (Fsp3) is 0.524. The highest BCUT2D eigenvalue weighted by Gasteiger charge is 2.24. The molecule has 0 radical (unpaired) electrons. The van der Waals surface area contributed by atoms with Crippen molar-refractivity contribution in [3.63, 3.8) is 0 Å². The number of nitrogens with one attached hydrogen (secondary N) is 2. The van der Waals surface area contributed by atoms with Gasteiger partial charge in [0.25, 0.3) is 0 Å². The molecule has 0 bridgehead atoms. The number of amides is 2. The van der Waals surface area contributed by atoms with Crippen molar-refractivity contribution in [2.75, 3.05) is 38.6 Å². The van der Waals surface area contributed by atoms with Crippen molar-refractivity contribution in [3.05, 3.63) is 47.5 Å². The number of likely N-dealkylation sites (N-methyl/N-ethyl adjacent to an activating group) is 1. The van der Waals surface area contributed by atoms with E-state index in [0.717, 1.165) is 30.5 Å². The van der Waals surface area contributed by atoms with E-state index in [1.807, 2.05) is 51.4 Å². The molecule has 3 rings (SSSR count). The lowest BCUT2D eigenvalue weighted by atomic mass is 10.0.